The van der Waals surface area contributed by atoms with Crippen molar-refractivity contribution in [3.05, 3.63) is 66.0 Å². The predicted molar refractivity (Wildman–Crippen MR) is 85.9 cm³/mol. The second kappa shape index (κ2) is 7.18. The summed E-state index contributed by atoms with van der Waals surface area (Å²) in [4.78, 5) is 19.9. The van der Waals surface area contributed by atoms with Crippen molar-refractivity contribution in [3.8, 4) is 0 Å². The van der Waals surface area contributed by atoms with Crippen molar-refractivity contribution in [2.75, 3.05) is 32.7 Å². The molecular weight excluding hydrogens is 274 g/mol. The number of nitrogens with one attached hydrogen (secondary N) is 1. The largest absolute Gasteiger partial charge is 0.332 e. The number of carbonyl (C=O) groups is 1. The van der Waals surface area contributed by atoms with Crippen LogP contribution in [0.4, 0.5) is 0 Å². The first kappa shape index (κ1) is 14.7. The minimum Gasteiger partial charge on any atom is -0.332 e. The number of benzene rings is 1. The molecule has 0 unspecified atom stereocenters. The molecule has 2 aromatic rings. The molecule has 1 aliphatic rings. The van der Waals surface area contributed by atoms with Crippen LogP contribution in [-0.2, 0) is 6.42 Å². The van der Waals surface area contributed by atoms with Crippen molar-refractivity contribution in [1.29, 1.82) is 0 Å². The SMILES string of the molecule is O=C(c1ccncc1)N1CC[NH+](CCc2ccccc2)CC1. The molecule has 1 aromatic carbocycles. The summed E-state index contributed by atoms with van der Waals surface area (Å²) in [5.41, 5.74) is 2.13. The average Bonchev–Trinajstić information content (AvgIpc) is 2.61. The zero-order chi connectivity index (χ0) is 15.2. The fraction of sp³-hybridized carbons (Fsp3) is 0.333. The van der Waals surface area contributed by atoms with E-state index in [1.54, 1.807) is 29.4 Å². The zero-order valence-corrected chi connectivity index (χ0v) is 12.7. The number of rotatable bonds is 4. The van der Waals surface area contributed by atoms with Gasteiger partial charge in [0.15, 0.2) is 0 Å². The molecule has 0 radical (unpaired) electrons. The monoisotopic (exact) mass is 296 g/mol. The summed E-state index contributed by atoms with van der Waals surface area (Å²) in [7, 11) is 0. The van der Waals surface area contributed by atoms with E-state index in [4.69, 9.17) is 0 Å². The number of quaternary nitrogens is 1. The van der Waals surface area contributed by atoms with Crippen molar-refractivity contribution in [1.82, 2.24) is 9.88 Å². The summed E-state index contributed by atoms with van der Waals surface area (Å²) < 4.78 is 0. The number of carbonyl (C=O) groups excluding carboxylic acids is 1. The van der Waals surface area contributed by atoms with E-state index in [-0.39, 0.29) is 5.91 Å². The highest BCUT2D eigenvalue weighted by atomic mass is 16.2. The van der Waals surface area contributed by atoms with Crippen LogP contribution >= 0.6 is 0 Å². The predicted octanol–water partition coefficient (Wildman–Crippen LogP) is 0.665. The van der Waals surface area contributed by atoms with Gasteiger partial charge in [0.2, 0.25) is 0 Å². The second-order valence-corrected chi connectivity index (χ2v) is 5.76. The van der Waals surface area contributed by atoms with Crippen LogP contribution < -0.4 is 4.90 Å². The Kier molecular flexibility index (Phi) is 4.81. The molecule has 1 aliphatic heterocycles. The normalized spacial score (nSPS) is 15.7. The van der Waals surface area contributed by atoms with Crippen molar-refractivity contribution in [2.24, 2.45) is 0 Å². The standard InChI is InChI=1S/C18H21N3O/c22-18(17-6-9-19-10-7-17)21-14-12-20(13-15-21)11-8-16-4-2-1-3-5-16/h1-7,9-10H,8,11-15H2/p+1. The van der Waals surface area contributed by atoms with Crippen LogP contribution in [0.2, 0.25) is 0 Å². The van der Waals surface area contributed by atoms with Gasteiger partial charge in [-0.05, 0) is 17.7 Å². The average molecular weight is 296 g/mol. The molecule has 0 bridgehead atoms. The van der Waals surface area contributed by atoms with Crippen LogP contribution in [0.5, 0.6) is 0 Å². The van der Waals surface area contributed by atoms with Gasteiger partial charge in [-0.1, -0.05) is 30.3 Å². The van der Waals surface area contributed by atoms with Gasteiger partial charge in [0, 0.05) is 24.4 Å². The summed E-state index contributed by atoms with van der Waals surface area (Å²) in [6.07, 6.45) is 4.46. The summed E-state index contributed by atoms with van der Waals surface area (Å²) >= 11 is 0. The minimum atomic E-state index is 0.129. The lowest BCUT2D eigenvalue weighted by Gasteiger charge is -2.32. The third-order valence-corrected chi connectivity index (χ3v) is 4.30. The third-order valence-electron chi connectivity index (χ3n) is 4.30. The maximum absolute atomic E-state index is 12.4. The molecule has 1 saturated heterocycles. The van der Waals surface area contributed by atoms with Gasteiger partial charge in [-0.25, -0.2) is 0 Å². The maximum Gasteiger partial charge on any atom is 0.254 e. The van der Waals surface area contributed by atoms with Gasteiger partial charge in [0.1, 0.15) is 0 Å². The quantitative estimate of drug-likeness (QED) is 0.900. The van der Waals surface area contributed by atoms with Gasteiger partial charge in [-0.15, -0.1) is 0 Å². The molecule has 1 amide bonds. The first-order valence-corrected chi connectivity index (χ1v) is 7.90. The van der Waals surface area contributed by atoms with Crippen LogP contribution in [0.25, 0.3) is 0 Å². The lowest BCUT2D eigenvalue weighted by atomic mass is 10.1. The summed E-state index contributed by atoms with van der Waals surface area (Å²) in [6.45, 7) is 4.88. The molecule has 0 saturated carbocycles. The smallest absolute Gasteiger partial charge is 0.254 e. The molecule has 0 atom stereocenters. The highest BCUT2D eigenvalue weighted by molar-refractivity contribution is 5.94. The van der Waals surface area contributed by atoms with Crippen LogP contribution in [0.1, 0.15) is 15.9 Å². The number of piperazine rings is 1. The van der Waals surface area contributed by atoms with Crippen molar-refractivity contribution in [3.63, 3.8) is 0 Å². The van der Waals surface area contributed by atoms with Crippen LogP contribution in [0.3, 0.4) is 0 Å². The van der Waals surface area contributed by atoms with Crippen LogP contribution in [-0.4, -0.2) is 48.5 Å². The zero-order valence-electron chi connectivity index (χ0n) is 12.7. The van der Waals surface area contributed by atoms with Crippen molar-refractivity contribution in [2.45, 2.75) is 6.42 Å². The van der Waals surface area contributed by atoms with E-state index < -0.39 is 0 Å². The molecule has 22 heavy (non-hydrogen) atoms. The van der Waals surface area contributed by atoms with Gasteiger partial charge in [0.05, 0.1) is 32.7 Å². The molecule has 1 aromatic heterocycles. The Labute approximate surface area is 131 Å². The van der Waals surface area contributed by atoms with E-state index in [0.717, 1.165) is 44.7 Å². The molecule has 1 fully saturated rings. The van der Waals surface area contributed by atoms with Crippen LogP contribution in [0.15, 0.2) is 54.9 Å². The summed E-state index contributed by atoms with van der Waals surface area (Å²) in [6, 6.07) is 14.2. The van der Waals surface area contributed by atoms with Gasteiger partial charge in [-0.2, -0.15) is 0 Å². The molecule has 3 rings (SSSR count). The van der Waals surface area contributed by atoms with Gasteiger partial charge < -0.3 is 9.80 Å². The highest BCUT2D eigenvalue weighted by Gasteiger charge is 2.24. The Hall–Kier alpha value is -2.20. The Balaban J connectivity index is 1.47. The minimum absolute atomic E-state index is 0.129. The van der Waals surface area contributed by atoms with E-state index in [9.17, 15) is 4.79 Å². The van der Waals surface area contributed by atoms with Gasteiger partial charge >= 0.3 is 0 Å². The Morgan fingerprint density at radius 1 is 1.05 bits per heavy atom. The molecule has 0 spiro atoms. The number of amides is 1. The summed E-state index contributed by atoms with van der Waals surface area (Å²) in [5, 5.41) is 0. The Morgan fingerprint density at radius 2 is 1.73 bits per heavy atom. The van der Waals surface area contributed by atoms with Crippen molar-refractivity contribution < 1.29 is 9.69 Å². The molecule has 1 N–H and O–H groups in total. The fourth-order valence-corrected chi connectivity index (χ4v) is 2.92. The van der Waals surface area contributed by atoms with E-state index >= 15 is 0 Å². The molecule has 0 aliphatic carbocycles. The highest BCUT2D eigenvalue weighted by Crippen LogP contribution is 2.03. The molecule has 4 heteroatoms. The van der Waals surface area contributed by atoms with Crippen molar-refractivity contribution >= 4 is 5.91 Å². The number of aromatic nitrogens is 1. The number of pyridine rings is 1. The first-order chi connectivity index (χ1) is 10.8. The Morgan fingerprint density at radius 3 is 2.41 bits per heavy atom. The van der Waals surface area contributed by atoms with Gasteiger partial charge in [0.25, 0.3) is 5.91 Å². The fourth-order valence-electron chi connectivity index (χ4n) is 2.92. The van der Waals surface area contributed by atoms with E-state index in [1.807, 2.05) is 4.90 Å². The number of hydrogen-bond acceptors (Lipinski definition) is 2. The maximum atomic E-state index is 12.4. The topological polar surface area (TPSA) is 37.6 Å². The molecule has 2 heterocycles. The van der Waals surface area contributed by atoms with Crippen LogP contribution in [0, 0.1) is 0 Å². The second-order valence-electron chi connectivity index (χ2n) is 5.76. The molecular formula is C18H22N3O+. The molecule has 4 nitrogen and oxygen atoms in total. The lowest BCUT2D eigenvalue weighted by molar-refractivity contribution is -0.903. The summed E-state index contributed by atoms with van der Waals surface area (Å²) in [5.74, 6) is 0.129. The lowest BCUT2D eigenvalue weighted by Crippen LogP contribution is -3.15. The Bertz CT molecular complexity index is 592. The molecule has 114 valence electrons. The third kappa shape index (κ3) is 3.71. The number of nitrogens with zero attached hydrogens (tertiary/aromatic N) is 2. The van der Waals surface area contributed by atoms with E-state index in [2.05, 4.69) is 35.3 Å². The first-order valence-electron chi connectivity index (χ1n) is 7.90. The van der Waals surface area contributed by atoms with E-state index in [1.165, 1.54) is 5.56 Å². The number of hydrogen-bond donors (Lipinski definition) is 1. The van der Waals surface area contributed by atoms with E-state index in [0.29, 0.717) is 0 Å². The van der Waals surface area contributed by atoms with Gasteiger partial charge in [-0.3, -0.25) is 9.78 Å².